The summed E-state index contributed by atoms with van der Waals surface area (Å²) in [5.41, 5.74) is 0.438. The van der Waals surface area contributed by atoms with E-state index < -0.39 is 0 Å². The van der Waals surface area contributed by atoms with Gasteiger partial charge < -0.3 is 4.90 Å². The van der Waals surface area contributed by atoms with E-state index in [0.717, 1.165) is 0 Å². The summed E-state index contributed by atoms with van der Waals surface area (Å²) in [4.78, 5) is 2.69. The van der Waals surface area contributed by atoms with Crippen molar-refractivity contribution in [2.45, 2.75) is 123 Å². The van der Waals surface area contributed by atoms with Gasteiger partial charge in [0.15, 0.2) is 0 Å². The summed E-state index contributed by atoms with van der Waals surface area (Å²) in [7, 11) is 2.38. The number of rotatable bonds is 16. The lowest BCUT2D eigenvalue weighted by Crippen LogP contribution is -2.44. The van der Waals surface area contributed by atoms with E-state index in [1.165, 1.54) is 96.4 Å². The van der Waals surface area contributed by atoms with E-state index in [2.05, 4.69) is 39.6 Å². The quantitative estimate of drug-likeness (QED) is 0.272. The van der Waals surface area contributed by atoms with Gasteiger partial charge in [0.2, 0.25) is 0 Å². The summed E-state index contributed by atoms with van der Waals surface area (Å²) in [6.45, 7) is 10.7. The highest BCUT2D eigenvalue weighted by Crippen LogP contribution is 2.28. The molecule has 0 N–H and O–H groups in total. The van der Waals surface area contributed by atoms with Crippen LogP contribution in [0.2, 0.25) is 0 Å². The van der Waals surface area contributed by atoms with Crippen molar-refractivity contribution in [3.8, 4) is 0 Å². The predicted octanol–water partition coefficient (Wildman–Crippen LogP) is 7.20. The summed E-state index contributed by atoms with van der Waals surface area (Å²) in [5.74, 6) is 0. The molecule has 0 bridgehead atoms. The fourth-order valence-corrected chi connectivity index (χ4v) is 3.42. The fraction of sp³-hybridized carbons (Fsp3) is 1.00. The second-order valence-electron chi connectivity index (χ2n) is 7.60. The zero-order valence-electron chi connectivity index (χ0n) is 16.6. The van der Waals surface area contributed by atoms with Crippen molar-refractivity contribution in [2.75, 3.05) is 13.6 Å². The van der Waals surface area contributed by atoms with Crippen LogP contribution in [0, 0.1) is 0 Å². The molecule has 0 aromatic rings. The topological polar surface area (TPSA) is 3.24 Å². The third kappa shape index (κ3) is 10.6. The second-order valence-corrected chi connectivity index (χ2v) is 7.60. The first-order chi connectivity index (χ1) is 10.6. The van der Waals surface area contributed by atoms with Crippen molar-refractivity contribution in [3.63, 3.8) is 0 Å². The van der Waals surface area contributed by atoms with Gasteiger partial charge in [-0.25, -0.2) is 0 Å². The second kappa shape index (κ2) is 14.5. The van der Waals surface area contributed by atoms with E-state index in [-0.39, 0.29) is 0 Å². The minimum Gasteiger partial charge on any atom is -0.301 e. The van der Waals surface area contributed by atoms with E-state index in [0.29, 0.717) is 5.54 Å². The maximum absolute atomic E-state index is 2.69. The van der Waals surface area contributed by atoms with Crippen LogP contribution in [0.1, 0.15) is 118 Å². The first-order valence-corrected chi connectivity index (χ1v) is 10.3. The molecule has 0 fully saturated rings. The SMILES string of the molecule is CCCCCCN(C)C(C)(CCCCCC)CCCCCC. The molecule has 0 radical (unpaired) electrons. The van der Waals surface area contributed by atoms with Gasteiger partial charge in [-0.15, -0.1) is 0 Å². The van der Waals surface area contributed by atoms with Crippen LogP contribution in [0.3, 0.4) is 0 Å². The van der Waals surface area contributed by atoms with Crippen LogP contribution in [-0.4, -0.2) is 24.0 Å². The molecule has 0 heterocycles. The lowest BCUT2D eigenvalue weighted by atomic mass is 9.86. The molecule has 1 heteroatoms. The van der Waals surface area contributed by atoms with E-state index >= 15 is 0 Å². The van der Waals surface area contributed by atoms with Crippen molar-refractivity contribution < 1.29 is 0 Å². The molecule has 0 spiro atoms. The molecule has 0 amide bonds. The number of unbranched alkanes of at least 4 members (excludes halogenated alkanes) is 9. The number of nitrogens with zero attached hydrogens (tertiary/aromatic N) is 1. The Kier molecular flexibility index (Phi) is 14.5. The van der Waals surface area contributed by atoms with E-state index in [4.69, 9.17) is 0 Å². The molecule has 0 aliphatic heterocycles. The molecule has 1 nitrogen and oxygen atoms in total. The highest BCUT2D eigenvalue weighted by atomic mass is 15.2. The Morgan fingerprint density at radius 1 is 0.591 bits per heavy atom. The first-order valence-electron chi connectivity index (χ1n) is 10.3. The van der Waals surface area contributed by atoms with Crippen LogP contribution in [0.4, 0.5) is 0 Å². The van der Waals surface area contributed by atoms with Gasteiger partial charge in [-0.2, -0.15) is 0 Å². The molecule has 0 atom stereocenters. The molecular formula is C21H45N. The van der Waals surface area contributed by atoms with Crippen LogP contribution in [0.15, 0.2) is 0 Å². The lowest BCUT2D eigenvalue weighted by molar-refractivity contribution is 0.107. The Morgan fingerprint density at radius 3 is 1.41 bits per heavy atom. The van der Waals surface area contributed by atoms with Gasteiger partial charge in [0.1, 0.15) is 0 Å². The van der Waals surface area contributed by atoms with Crippen molar-refractivity contribution in [1.29, 1.82) is 0 Å². The van der Waals surface area contributed by atoms with Crippen LogP contribution in [0.25, 0.3) is 0 Å². The molecule has 0 aromatic carbocycles. The third-order valence-electron chi connectivity index (χ3n) is 5.41. The van der Waals surface area contributed by atoms with E-state index in [9.17, 15) is 0 Å². The van der Waals surface area contributed by atoms with Crippen LogP contribution >= 0.6 is 0 Å². The molecular weight excluding hydrogens is 266 g/mol. The zero-order valence-corrected chi connectivity index (χ0v) is 16.6. The monoisotopic (exact) mass is 311 g/mol. The minimum absolute atomic E-state index is 0.438. The summed E-state index contributed by atoms with van der Waals surface area (Å²) in [6, 6.07) is 0. The average molecular weight is 312 g/mol. The van der Waals surface area contributed by atoms with Gasteiger partial charge in [0.05, 0.1) is 0 Å². The highest BCUT2D eigenvalue weighted by molar-refractivity contribution is 4.84. The lowest BCUT2D eigenvalue weighted by Gasteiger charge is -2.40. The molecule has 0 rings (SSSR count). The largest absolute Gasteiger partial charge is 0.301 e. The minimum atomic E-state index is 0.438. The Labute approximate surface area is 142 Å². The normalized spacial score (nSPS) is 12.3. The summed E-state index contributed by atoms with van der Waals surface area (Å²) in [6.07, 6.45) is 19.5. The fourth-order valence-electron chi connectivity index (χ4n) is 3.42. The molecule has 0 saturated heterocycles. The van der Waals surface area contributed by atoms with Gasteiger partial charge in [-0.1, -0.05) is 91.4 Å². The van der Waals surface area contributed by atoms with Gasteiger partial charge in [0.25, 0.3) is 0 Å². The summed E-state index contributed by atoms with van der Waals surface area (Å²) in [5, 5.41) is 0. The molecule has 134 valence electrons. The van der Waals surface area contributed by atoms with Crippen molar-refractivity contribution in [2.24, 2.45) is 0 Å². The van der Waals surface area contributed by atoms with Gasteiger partial charge in [-0.3, -0.25) is 0 Å². The van der Waals surface area contributed by atoms with Crippen LogP contribution in [0.5, 0.6) is 0 Å². The molecule has 0 unspecified atom stereocenters. The average Bonchev–Trinajstić information content (AvgIpc) is 2.52. The standard InChI is InChI=1S/C21H45N/c1-6-9-12-15-18-21(4,19-16-13-10-7-2)22(5)20-17-14-11-8-3/h6-20H2,1-5H3. The van der Waals surface area contributed by atoms with Gasteiger partial charge in [-0.05, 0) is 39.8 Å². The van der Waals surface area contributed by atoms with E-state index in [1.54, 1.807) is 0 Å². The first kappa shape index (κ1) is 22.0. The van der Waals surface area contributed by atoms with Crippen molar-refractivity contribution in [1.82, 2.24) is 4.90 Å². The van der Waals surface area contributed by atoms with Crippen LogP contribution < -0.4 is 0 Å². The number of hydrogen-bond donors (Lipinski definition) is 0. The van der Waals surface area contributed by atoms with Gasteiger partial charge in [0, 0.05) is 5.54 Å². The summed E-state index contributed by atoms with van der Waals surface area (Å²) >= 11 is 0. The Morgan fingerprint density at radius 2 is 1.00 bits per heavy atom. The highest BCUT2D eigenvalue weighted by Gasteiger charge is 2.27. The van der Waals surface area contributed by atoms with Crippen molar-refractivity contribution in [3.05, 3.63) is 0 Å². The molecule has 0 saturated carbocycles. The Hall–Kier alpha value is -0.0400. The third-order valence-corrected chi connectivity index (χ3v) is 5.41. The van der Waals surface area contributed by atoms with E-state index in [1.807, 2.05) is 0 Å². The predicted molar refractivity (Wildman–Crippen MR) is 103 cm³/mol. The summed E-state index contributed by atoms with van der Waals surface area (Å²) < 4.78 is 0. The molecule has 0 aliphatic carbocycles. The smallest absolute Gasteiger partial charge is 0.0178 e. The number of hydrogen-bond acceptors (Lipinski definition) is 1. The molecule has 0 aliphatic rings. The Bertz CT molecular complexity index is 212. The van der Waals surface area contributed by atoms with Gasteiger partial charge >= 0.3 is 0 Å². The van der Waals surface area contributed by atoms with Crippen LogP contribution in [-0.2, 0) is 0 Å². The molecule has 0 aromatic heterocycles. The Balaban J connectivity index is 4.26. The maximum Gasteiger partial charge on any atom is 0.0178 e. The van der Waals surface area contributed by atoms with Crippen molar-refractivity contribution >= 4 is 0 Å². The zero-order chi connectivity index (χ0) is 16.7. The molecule has 22 heavy (non-hydrogen) atoms. The maximum atomic E-state index is 2.69.